The molecule has 1 N–H and O–H groups in total. The van der Waals surface area contributed by atoms with Crippen LogP contribution < -0.4 is 5.32 Å². The number of hydrogen-bond acceptors (Lipinski definition) is 3. The molecule has 0 unspecified atom stereocenters. The van der Waals surface area contributed by atoms with Gasteiger partial charge in [0.05, 0.1) is 12.0 Å². The molecule has 1 aromatic rings. The van der Waals surface area contributed by atoms with Gasteiger partial charge in [-0.2, -0.15) is 0 Å². The van der Waals surface area contributed by atoms with Crippen molar-refractivity contribution in [3.05, 3.63) is 34.9 Å². The van der Waals surface area contributed by atoms with E-state index in [1.165, 1.54) is 0 Å². The van der Waals surface area contributed by atoms with E-state index in [0.29, 0.717) is 5.02 Å². The molecule has 3 nitrogen and oxygen atoms in total. The molecule has 1 fully saturated rings. The van der Waals surface area contributed by atoms with Gasteiger partial charge in [0.1, 0.15) is 0 Å². The molecule has 0 bridgehead atoms. The summed E-state index contributed by atoms with van der Waals surface area (Å²) in [4.78, 5) is 12.0. The average Bonchev–Trinajstić information content (AvgIpc) is 2.77. The summed E-state index contributed by atoms with van der Waals surface area (Å²) in [6, 6.07) is 7.60. The quantitative estimate of drug-likeness (QED) is 0.856. The molecule has 0 amide bonds. The van der Waals surface area contributed by atoms with E-state index < -0.39 is 0 Å². The van der Waals surface area contributed by atoms with Crippen LogP contribution in [0.15, 0.2) is 24.3 Å². The lowest BCUT2D eigenvalue weighted by molar-refractivity contribution is -0.152. The molecule has 2 rings (SSSR count). The van der Waals surface area contributed by atoms with Crippen molar-refractivity contribution < 1.29 is 9.53 Å². The Labute approximate surface area is 112 Å². The first-order chi connectivity index (χ1) is 8.59. The highest BCUT2D eigenvalue weighted by Gasteiger charge is 2.36. The van der Waals surface area contributed by atoms with E-state index in [4.69, 9.17) is 16.3 Å². The Bertz CT molecular complexity index is 434. The third kappa shape index (κ3) is 2.85. The summed E-state index contributed by atoms with van der Waals surface area (Å²) in [6.45, 7) is 4.54. The molecular weight excluding hydrogens is 250 g/mol. The van der Waals surface area contributed by atoms with Crippen molar-refractivity contribution in [3.8, 4) is 0 Å². The van der Waals surface area contributed by atoms with Crippen LogP contribution in [0.1, 0.15) is 31.9 Å². The van der Waals surface area contributed by atoms with Gasteiger partial charge in [-0.15, -0.1) is 0 Å². The zero-order valence-corrected chi connectivity index (χ0v) is 11.4. The first-order valence-corrected chi connectivity index (χ1v) is 6.65. The van der Waals surface area contributed by atoms with Crippen molar-refractivity contribution in [2.45, 2.75) is 32.4 Å². The van der Waals surface area contributed by atoms with Crippen LogP contribution in [0, 0.1) is 5.92 Å². The number of esters is 1. The molecule has 1 heterocycles. The number of ether oxygens (including phenoxy) is 1. The normalized spacial score (nSPS) is 23.3. The number of halogens is 1. The van der Waals surface area contributed by atoms with Crippen molar-refractivity contribution in [1.29, 1.82) is 0 Å². The zero-order chi connectivity index (χ0) is 13.1. The van der Waals surface area contributed by atoms with Crippen LogP contribution in [-0.4, -0.2) is 18.6 Å². The van der Waals surface area contributed by atoms with E-state index >= 15 is 0 Å². The Morgan fingerprint density at radius 3 is 2.83 bits per heavy atom. The minimum absolute atomic E-state index is 0.0371. The fourth-order valence-corrected chi connectivity index (χ4v) is 2.58. The van der Waals surface area contributed by atoms with Crippen molar-refractivity contribution >= 4 is 17.6 Å². The number of hydrogen-bond donors (Lipinski definition) is 1. The van der Waals surface area contributed by atoms with E-state index in [9.17, 15) is 4.79 Å². The minimum atomic E-state index is -0.146. The molecule has 1 aliphatic heterocycles. The smallest absolute Gasteiger partial charge is 0.311 e. The molecule has 0 aliphatic carbocycles. The topological polar surface area (TPSA) is 38.3 Å². The van der Waals surface area contributed by atoms with Crippen LogP contribution in [0.5, 0.6) is 0 Å². The van der Waals surface area contributed by atoms with Crippen LogP contribution in [0.25, 0.3) is 0 Å². The summed E-state index contributed by atoms with van der Waals surface area (Å²) < 4.78 is 5.30. The van der Waals surface area contributed by atoms with Crippen molar-refractivity contribution in [2.24, 2.45) is 5.92 Å². The van der Waals surface area contributed by atoms with E-state index in [1.54, 1.807) is 0 Å². The second-order valence-corrected chi connectivity index (χ2v) is 5.24. The third-order valence-electron chi connectivity index (χ3n) is 3.12. The zero-order valence-electron chi connectivity index (χ0n) is 10.7. The summed E-state index contributed by atoms with van der Waals surface area (Å²) in [5.74, 6) is -0.285. The van der Waals surface area contributed by atoms with Crippen LogP contribution in [0.4, 0.5) is 0 Å². The van der Waals surface area contributed by atoms with E-state index in [2.05, 4.69) is 5.32 Å². The third-order valence-corrected chi connectivity index (χ3v) is 3.46. The number of carbonyl (C=O) groups is 1. The van der Waals surface area contributed by atoms with Gasteiger partial charge in [0.15, 0.2) is 0 Å². The predicted molar refractivity (Wildman–Crippen MR) is 71.5 cm³/mol. The Hall–Kier alpha value is -1.06. The monoisotopic (exact) mass is 267 g/mol. The minimum Gasteiger partial charge on any atom is -0.463 e. The lowest BCUT2D eigenvalue weighted by atomic mass is 9.94. The number of carbonyl (C=O) groups excluding carboxylic acids is 1. The van der Waals surface area contributed by atoms with Gasteiger partial charge in [0.25, 0.3) is 0 Å². The molecule has 2 atom stereocenters. The lowest BCUT2D eigenvalue weighted by Crippen LogP contribution is -2.27. The molecule has 18 heavy (non-hydrogen) atoms. The molecule has 1 aromatic carbocycles. The second-order valence-electron chi connectivity index (χ2n) is 4.83. The molecule has 1 saturated heterocycles. The lowest BCUT2D eigenvalue weighted by Gasteiger charge is -2.21. The SMILES string of the molecule is CC(C)OC(=O)[C@H]1CCN[C@H]1c1ccccc1Cl. The Balaban J connectivity index is 2.18. The fourth-order valence-electron chi connectivity index (χ4n) is 2.33. The summed E-state index contributed by atoms with van der Waals surface area (Å²) in [5, 5.41) is 4.03. The van der Waals surface area contributed by atoms with Gasteiger partial charge in [-0.05, 0) is 38.4 Å². The predicted octanol–water partition coefficient (Wildman–Crippen LogP) is 2.94. The van der Waals surface area contributed by atoms with Crippen LogP contribution in [0.2, 0.25) is 5.02 Å². The highest BCUT2D eigenvalue weighted by Crippen LogP contribution is 2.34. The molecule has 0 radical (unpaired) electrons. The van der Waals surface area contributed by atoms with Crippen molar-refractivity contribution in [3.63, 3.8) is 0 Å². The fraction of sp³-hybridized carbons (Fsp3) is 0.500. The largest absolute Gasteiger partial charge is 0.463 e. The van der Waals surface area contributed by atoms with Crippen LogP contribution in [-0.2, 0) is 9.53 Å². The maximum absolute atomic E-state index is 12.0. The number of rotatable bonds is 3. The second kappa shape index (κ2) is 5.72. The first-order valence-electron chi connectivity index (χ1n) is 6.28. The van der Waals surface area contributed by atoms with Gasteiger partial charge in [0.2, 0.25) is 0 Å². The maximum atomic E-state index is 12.0. The maximum Gasteiger partial charge on any atom is 0.311 e. The summed E-state index contributed by atoms with van der Waals surface area (Å²) >= 11 is 6.19. The van der Waals surface area contributed by atoms with Crippen LogP contribution >= 0.6 is 11.6 Å². The van der Waals surface area contributed by atoms with Crippen molar-refractivity contribution in [2.75, 3.05) is 6.54 Å². The standard InChI is InChI=1S/C14H18ClNO2/c1-9(2)18-14(17)11-7-8-16-13(11)10-5-3-4-6-12(10)15/h3-6,9,11,13,16H,7-8H2,1-2H3/t11-,13-/m0/s1. The first kappa shape index (κ1) is 13.4. The number of benzene rings is 1. The molecule has 1 aliphatic rings. The summed E-state index contributed by atoms with van der Waals surface area (Å²) in [7, 11) is 0. The molecule has 0 aromatic heterocycles. The van der Waals surface area contributed by atoms with Gasteiger partial charge >= 0.3 is 5.97 Å². The Morgan fingerprint density at radius 2 is 2.17 bits per heavy atom. The van der Waals surface area contributed by atoms with E-state index in [-0.39, 0.29) is 24.0 Å². The van der Waals surface area contributed by atoms with E-state index in [1.807, 2.05) is 38.1 Å². The van der Waals surface area contributed by atoms with Gasteiger partial charge in [-0.25, -0.2) is 0 Å². The molecule has 0 spiro atoms. The van der Waals surface area contributed by atoms with Gasteiger partial charge in [0, 0.05) is 11.1 Å². The summed E-state index contributed by atoms with van der Waals surface area (Å²) in [5.41, 5.74) is 0.974. The Morgan fingerprint density at radius 1 is 1.44 bits per heavy atom. The van der Waals surface area contributed by atoms with Gasteiger partial charge in [-0.1, -0.05) is 29.8 Å². The highest BCUT2D eigenvalue weighted by atomic mass is 35.5. The van der Waals surface area contributed by atoms with Crippen molar-refractivity contribution in [1.82, 2.24) is 5.32 Å². The highest BCUT2D eigenvalue weighted by molar-refractivity contribution is 6.31. The van der Waals surface area contributed by atoms with E-state index in [0.717, 1.165) is 18.5 Å². The summed E-state index contributed by atoms with van der Waals surface area (Å²) in [6.07, 6.45) is 0.714. The molecule has 0 saturated carbocycles. The molecular formula is C14H18ClNO2. The van der Waals surface area contributed by atoms with Crippen LogP contribution in [0.3, 0.4) is 0 Å². The van der Waals surface area contributed by atoms with Gasteiger partial charge in [-0.3, -0.25) is 4.79 Å². The molecule has 4 heteroatoms. The average molecular weight is 268 g/mol. The number of nitrogens with one attached hydrogen (secondary N) is 1. The molecule has 98 valence electrons. The van der Waals surface area contributed by atoms with Gasteiger partial charge < -0.3 is 10.1 Å². The Kier molecular flexibility index (Phi) is 4.25.